The molecule has 0 unspecified atom stereocenters. The van der Waals surface area contributed by atoms with E-state index in [-0.39, 0.29) is 6.61 Å². The molecule has 3 N–H and O–H groups in total. The average Bonchev–Trinajstić information content (AvgIpc) is 2.52. The van der Waals surface area contributed by atoms with Crippen LogP contribution in [0.1, 0.15) is 16.7 Å². The monoisotopic (exact) mass is 273 g/mol. The Bertz CT molecular complexity index is 569. The molecule has 0 aliphatic carbocycles. The Balaban J connectivity index is 2.11. The summed E-state index contributed by atoms with van der Waals surface area (Å²) in [6, 6.07) is 13.2. The minimum Gasteiger partial charge on any atom is -0.496 e. The number of rotatable bonds is 6. The van der Waals surface area contributed by atoms with Crippen molar-refractivity contribution in [2.45, 2.75) is 19.8 Å². The van der Waals surface area contributed by atoms with Crippen LogP contribution in [0.15, 0.2) is 42.5 Å². The Hall–Kier alpha value is -2.04. The van der Waals surface area contributed by atoms with E-state index in [1.54, 1.807) is 7.11 Å². The molecule has 2 rings (SSSR count). The van der Waals surface area contributed by atoms with Crippen molar-refractivity contribution in [3.05, 3.63) is 59.2 Å². The van der Waals surface area contributed by atoms with Gasteiger partial charge in [-0.05, 0) is 23.8 Å². The summed E-state index contributed by atoms with van der Waals surface area (Å²) in [4.78, 5) is 0. The number of aliphatic hydroxyl groups excluding tert-OH is 1. The van der Waals surface area contributed by atoms with Gasteiger partial charge in [-0.2, -0.15) is 0 Å². The van der Waals surface area contributed by atoms with Crippen LogP contribution in [0.4, 0.5) is 0 Å². The van der Waals surface area contributed by atoms with Gasteiger partial charge in [0.05, 0.1) is 13.7 Å². The van der Waals surface area contributed by atoms with Crippen LogP contribution >= 0.6 is 0 Å². The van der Waals surface area contributed by atoms with Gasteiger partial charge in [-0.25, -0.2) is 0 Å². The van der Waals surface area contributed by atoms with Gasteiger partial charge in [0, 0.05) is 17.7 Å². The molecular weight excluding hydrogens is 254 g/mol. The highest BCUT2D eigenvalue weighted by atomic mass is 16.5. The van der Waals surface area contributed by atoms with Gasteiger partial charge in [-0.3, -0.25) is 0 Å². The molecule has 20 heavy (non-hydrogen) atoms. The summed E-state index contributed by atoms with van der Waals surface area (Å²) in [5.74, 6) is 1.48. The quantitative estimate of drug-likeness (QED) is 0.847. The van der Waals surface area contributed by atoms with Crippen molar-refractivity contribution in [1.82, 2.24) is 0 Å². The van der Waals surface area contributed by atoms with Crippen molar-refractivity contribution in [2.24, 2.45) is 5.73 Å². The van der Waals surface area contributed by atoms with E-state index in [1.165, 1.54) is 0 Å². The fourth-order valence-electron chi connectivity index (χ4n) is 2.02. The maximum absolute atomic E-state index is 9.25. The highest BCUT2D eigenvalue weighted by Crippen LogP contribution is 2.22. The van der Waals surface area contributed by atoms with Gasteiger partial charge < -0.3 is 20.3 Å². The van der Waals surface area contributed by atoms with Crippen LogP contribution in [0.25, 0.3) is 0 Å². The standard InChI is InChI=1S/C16H19NO3/c1-19-15-7-6-12(8-14(15)9-17)11-20-16-5-3-2-4-13(16)10-18/h2-8,18H,9-11,17H2,1H3. The maximum atomic E-state index is 9.25. The zero-order valence-corrected chi connectivity index (χ0v) is 11.5. The molecule has 0 fully saturated rings. The molecule has 0 aliphatic rings. The van der Waals surface area contributed by atoms with Gasteiger partial charge >= 0.3 is 0 Å². The zero-order chi connectivity index (χ0) is 14.4. The van der Waals surface area contributed by atoms with E-state index in [4.69, 9.17) is 15.2 Å². The van der Waals surface area contributed by atoms with E-state index in [2.05, 4.69) is 0 Å². The molecule has 4 heteroatoms. The van der Waals surface area contributed by atoms with Crippen LogP contribution in [0.3, 0.4) is 0 Å². The van der Waals surface area contributed by atoms with Crippen LogP contribution in [0.2, 0.25) is 0 Å². The molecule has 0 atom stereocenters. The minimum atomic E-state index is -0.0349. The molecule has 0 spiro atoms. The van der Waals surface area contributed by atoms with E-state index in [9.17, 15) is 5.11 Å². The van der Waals surface area contributed by atoms with Gasteiger partial charge in [-0.15, -0.1) is 0 Å². The third-order valence-corrected chi connectivity index (χ3v) is 3.10. The molecule has 0 saturated carbocycles. The number of hydrogen-bond donors (Lipinski definition) is 2. The second kappa shape index (κ2) is 6.93. The van der Waals surface area contributed by atoms with E-state index < -0.39 is 0 Å². The number of nitrogens with two attached hydrogens (primary N) is 1. The number of ether oxygens (including phenoxy) is 2. The Morgan fingerprint density at radius 2 is 1.85 bits per heavy atom. The predicted octanol–water partition coefficient (Wildman–Crippen LogP) is 2.23. The lowest BCUT2D eigenvalue weighted by molar-refractivity contribution is 0.259. The van der Waals surface area contributed by atoms with Crippen molar-refractivity contribution < 1.29 is 14.6 Å². The molecule has 0 heterocycles. The molecule has 0 aliphatic heterocycles. The molecule has 2 aromatic rings. The first-order valence-electron chi connectivity index (χ1n) is 6.46. The third kappa shape index (κ3) is 3.29. The predicted molar refractivity (Wildman–Crippen MR) is 77.6 cm³/mol. The lowest BCUT2D eigenvalue weighted by Gasteiger charge is -2.12. The van der Waals surface area contributed by atoms with Gasteiger partial charge in [0.1, 0.15) is 18.1 Å². The fourth-order valence-corrected chi connectivity index (χ4v) is 2.02. The van der Waals surface area contributed by atoms with Crippen LogP contribution in [0.5, 0.6) is 11.5 Å². The summed E-state index contributed by atoms with van der Waals surface area (Å²) in [6.45, 7) is 0.811. The highest BCUT2D eigenvalue weighted by Gasteiger charge is 2.05. The van der Waals surface area contributed by atoms with Crippen molar-refractivity contribution in [3.8, 4) is 11.5 Å². The summed E-state index contributed by atoms with van der Waals surface area (Å²) in [5, 5.41) is 9.25. The summed E-state index contributed by atoms with van der Waals surface area (Å²) < 4.78 is 11.0. The lowest BCUT2D eigenvalue weighted by Crippen LogP contribution is -2.03. The van der Waals surface area contributed by atoms with E-state index >= 15 is 0 Å². The van der Waals surface area contributed by atoms with Crippen molar-refractivity contribution >= 4 is 0 Å². The van der Waals surface area contributed by atoms with Crippen LogP contribution in [0, 0.1) is 0 Å². The Morgan fingerprint density at radius 3 is 2.55 bits per heavy atom. The van der Waals surface area contributed by atoms with Gasteiger partial charge in [0.2, 0.25) is 0 Å². The molecular formula is C16H19NO3. The number of benzene rings is 2. The Morgan fingerprint density at radius 1 is 1.05 bits per heavy atom. The number of aliphatic hydroxyl groups is 1. The number of methoxy groups -OCH3 is 1. The largest absolute Gasteiger partial charge is 0.496 e. The van der Waals surface area contributed by atoms with E-state index in [0.29, 0.717) is 18.9 Å². The fraction of sp³-hybridized carbons (Fsp3) is 0.250. The molecule has 4 nitrogen and oxygen atoms in total. The number of para-hydroxylation sites is 1. The summed E-state index contributed by atoms with van der Waals surface area (Å²) in [5.41, 5.74) is 8.43. The number of hydrogen-bond acceptors (Lipinski definition) is 4. The topological polar surface area (TPSA) is 64.7 Å². The molecule has 0 amide bonds. The van der Waals surface area contributed by atoms with Gasteiger partial charge in [-0.1, -0.05) is 24.3 Å². The molecule has 0 aromatic heterocycles. The first-order valence-corrected chi connectivity index (χ1v) is 6.46. The molecule has 0 saturated heterocycles. The van der Waals surface area contributed by atoms with Crippen LogP contribution in [-0.2, 0) is 19.8 Å². The smallest absolute Gasteiger partial charge is 0.125 e. The van der Waals surface area contributed by atoms with Gasteiger partial charge in [0.25, 0.3) is 0 Å². The Kier molecular flexibility index (Phi) is 4.98. The lowest BCUT2D eigenvalue weighted by atomic mass is 10.1. The van der Waals surface area contributed by atoms with E-state index in [1.807, 2.05) is 42.5 Å². The minimum absolute atomic E-state index is 0.0349. The summed E-state index contributed by atoms with van der Waals surface area (Å²) in [7, 11) is 1.63. The average molecular weight is 273 g/mol. The first kappa shape index (κ1) is 14.4. The normalized spacial score (nSPS) is 10.3. The highest BCUT2D eigenvalue weighted by molar-refractivity contribution is 5.38. The Labute approximate surface area is 118 Å². The summed E-state index contributed by atoms with van der Waals surface area (Å²) >= 11 is 0. The SMILES string of the molecule is COc1ccc(COc2ccccc2CO)cc1CN. The van der Waals surface area contributed by atoms with Gasteiger partial charge in [0.15, 0.2) is 0 Å². The molecule has 0 bridgehead atoms. The zero-order valence-electron chi connectivity index (χ0n) is 11.5. The molecule has 106 valence electrons. The van der Waals surface area contributed by atoms with Crippen LogP contribution in [-0.4, -0.2) is 12.2 Å². The summed E-state index contributed by atoms with van der Waals surface area (Å²) in [6.07, 6.45) is 0. The van der Waals surface area contributed by atoms with Crippen LogP contribution < -0.4 is 15.2 Å². The van der Waals surface area contributed by atoms with E-state index in [0.717, 1.165) is 22.4 Å². The van der Waals surface area contributed by atoms with Crippen molar-refractivity contribution in [1.29, 1.82) is 0 Å². The second-order valence-electron chi connectivity index (χ2n) is 4.40. The van der Waals surface area contributed by atoms with Crippen molar-refractivity contribution in [3.63, 3.8) is 0 Å². The molecule has 2 aromatic carbocycles. The first-order chi connectivity index (χ1) is 9.78. The molecule has 0 radical (unpaired) electrons. The van der Waals surface area contributed by atoms with Crippen molar-refractivity contribution in [2.75, 3.05) is 7.11 Å². The maximum Gasteiger partial charge on any atom is 0.125 e. The third-order valence-electron chi connectivity index (χ3n) is 3.10. The second-order valence-corrected chi connectivity index (χ2v) is 4.40.